The molecule has 8 heteroatoms. The molecule has 23 heavy (non-hydrogen) atoms. The third kappa shape index (κ3) is 3.58. The molecule has 1 N–H and O–H groups in total. The SMILES string of the molecule is CC(C)c1cc(C(=O)N2CCN(C3CCS(=O)(=O)C3)CC2)n[nH]1. The predicted octanol–water partition coefficient (Wildman–Crippen LogP) is 0.478. The average Bonchev–Trinajstić information content (AvgIpc) is 3.13. The number of H-pyrrole nitrogens is 1. The molecule has 1 amide bonds. The second kappa shape index (κ2) is 6.24. The van der Waals surface area contributed by atoms with E-state index in [4.69, 9.17) is 0 Å². The molecule has 2 aliphatic heterocycles. The molecule has 3 heterocycles. The fourth-order valence-electron chi connectivity index (χ4n) is 3.26. The van der Waals surface area contributed by atoms with Gasteiger partial charge in [0.1, 0.15) is 5.69 Å². The molecule has 0 aromatic carbocycles. The van der Waals surface area contributed by atoms with E-state index in [0.29, 0.717) is 36.9 Å². The molecule has 1 unspecified atom stereocenters. The van der Waals surface area contributed by atoms with Gasteiger partial charge in [0.05, 0.1) is 11.5 Å². The fourth-order valence-corrected chi connectivity index (χ4v) is 5.02. The molecule has 128 valence electrons. The first-order valence-corrected chi connectivity index (χ1v) is 9.97. The maximum absolute atomic E-state index is 12.5. The highest BCUT2D eigenvalue weighted by Gasteiger charge is 2.34. The summed E-state index contributed by atoms with van der Waals surface area (Å²) in [5.74, 6) is 0.817. The van der Waals surface area contributed by atoms with Gasteiger partial charge in [-0.1, -0.05) is 13.8 Å². The monoisotopic (exact) mass is 340 g/mol. The predicted molar refractivity (Wildman–Crippen MR) is 87.2 cm³/mol. The van der Waals surface area contributed by atoms with Crippen molar-refractivity contribution in [3.63, 3.8) is 0 Å². The Labute approximate surface area is 137 Å². The third-order valence-electron chi connectivity index (χ3n) is 4.77. The zero-order valence-corrected chi connectivity index (χ0v) is 14.5. The Kier molecular flexibility index (Phi) is 4.46. The van der Waals surface area contributed by atoms with Crippen LogP contribution < -0.4 is 0 Å². The molecule has 7 nitrogen and oxygen atoms in total. The number of hydrogen-bond donors (Lipinski definition) is 1. The van der Waals surface area contributed by atoms with Crippen LogP contribution in [0, 0.1) is 0 Å². The molecule has 2 saturated heterocycles. The largest absolute Gasteiger partial charge is 0.335 e. The maximum Gasteiger partial charge on any atom is 0.274 e. The lowest BCUT2D eigenvalue weighted by atomic mass is 10.1. The third-order valence-corrected chi connectivity index (χ3v) is 6.52. The number of hydrogen-bond acceptors (Lipinski definition) is 5. The number of amides is 1. The van der Waals surface area contributed by atoms with Crippen molar-refractivity contribution in [1.82, 2.24) is 20.0 Å². The number of carbonyl (C=O) groups excluding carboxylic acids is 1. The molecule has 1 atom stereocenters. The van der Waals surface area contributed by atoms with E-state index >= 15 is 0 Å². The number of aromatic nitrogens is 2. The molecule has 0 bridgehead atoms. The summed E-state index contributed by atoms with van der Waals surface area (Å²) >= 11 is 0. The van der Waals surface area contributed by atoms with E-state index in [9.17, 15) is 13.2 Å². The standard InChI is InChI=1S/C15H24N4O3S/c1-11(2)13-9-14(17-16-13)15(20)19-6-4-18(5-7-19)12-3-8-23(21,22)10-12/h9,11-12H,3-8,10H2,1-2H3,(H,16,17). The number of piperazine rings is 1. The highest BCUT2D eigenvalue weighted by Crippen LogP contribution is 2.20. The highest BCUT2D eigenvalue weighted by atomic mass is 32.2. The zero-order chi connectivity index (χ0) is 16.6. The van der Waals surface area contributed by atoms with Crippen molar-refractivity contribution in [2.75, 3.05) is 37.7 Å². The lowest BCUT2D eigenvalue weighted by Gasteiger charge is -2.37. The van der Waals surface area contributed by atoms with Crippen molar-refractivity contribution in [3.8, 4) is 0 Å². The zero-order valence-electron chi connectivity index (χ0n) is 13.7. The summed E-state index contributed by atoms with van der Waals surface area (Å²) in [5, 5.41) is 7.03. The van der Waals surface area contributed by atoms with Crippen LogP contribution in [0.3, 0.4) is 0 Å². The van der Waals surface area contributed by atoms with Crippen molar-refractivity contribution in [1.29, 1.82) is 0 Å². The Bertz CT molecular complexity index is 675. The molecule has 1 aromatic rings. The van der Waals surface area contributed by atoms with Gasteiger partial charge >= 0.3 is 0 Å². The molecule has 0 aliphatic carbocycles. The van der Waals surface area contributed by atoms with Gasteiger partial charge in [-0.15, -0.1) is 0 Å². The number of nitrogens with zero attached hydrogens (tertiary/aromatic N) is 3. The van der Waals surface area contributed by atoms with Gasteiger partial charge in [-0.25, -0.2) is 8.42 Å². The summed E-state index contributed by atoms with van der Waals surface area (Å²) in [7, 11) is -2.86. The molecule has 3 rings (SSSR count). The van der Waals surface area contributed by atoms with E-state index in [1.54, 1.807) is 4.90 Å². The molecule has 2 fully saturated rings. The molecule has 0 spiro atoms. The summed E-state index contributed by atoms with van der Waals surface area (Å²) in [5.41, 5.74) is 1.42. The van der Waals surface area contributed by atoms with Crippen LogP contribution in [0.5, 0.6) is 0 Å². The second-order valence-corrected chi connectivity index (χ2v) is 8.98. The van der Waals surface area contributed by atoms with Crippen molar-refractivity contribution in [2.45, 2.75) is 32.2 Å². The number of sulfone groups is 1. The summed E-state index contributed by atoms with van der Waals surface area (Å²) in [6, 6.07) is 1.94. The number of aromatic amines is 1. The van der Waals surface area contributed by atoms with Gasteiger partial charge in [0.15, 0.2) is 9.84 Å². The van der Waals surface area contributed by atoms with Crippen LogP contribution in [0.25, 0.3) is 0 Å². The lowest BCUT2D eigenvalue weighted by molar-refractivity contribution is 0.0582. The quantitative estimate of drug-likeness (QED) is 0.865. The number of nitrogens with one attached hydrogen (secondary N) is 1. The summed E-state index contributed by atoms with van der Waals surface area (Å²) < 4.78 is 23.2. The minimum atomic E-state index is -2.86. The smallest absolute Gasteiger partial charge is 0.274 e. The Morgan fingerprint density at radius 3 is 2.52 bits per heavy atom. The van der Waals surface area contributed by atoms with E-state index in [1.807, 2.05) is 6.07 Å². The fraction of sp³-hybridized carbons (Fsp3) is 0.733. The van der Waals surface area contributed by atoms with Crippen LogP contribution in [-0.4, -0.2) is 78.0 Å². The second-order valence-electron chi connectivity index (χ2n) is 6.75. The van der Waals surface area contributed by atoms with Gasteiger partial charge in [0.25, 0.3) is 5.91 Å². The average molecular weight is 340 g/mol. The van der Waals surface area contributed by atoms with Gasteiger partial charge in [0, 0.05) is 37.9 Å². The Balaban J connectivity index is 1.57. The number of carbonyl (C=O) groups is 1. The number of rotatable bonds is 3. The van der Waals surface area contributed by atoms with E-state index in [2.05, 4.69) is 28.9 Å². The first kappa shape index (κ1) is 16.4. The van der Waals surface area contributed by atoms with E-state index < -0.39 is 9.84 Å². The van der Waals surface area contributed by atoms with E-state index in [-0.39, 0.29) is 17.7 Å². The first-order valence-electron chi connectivity index (χ1n) is 8.15. The lowest BCUT2D eigenvalue weighted by Crippen LogP contribution is -2.52. The molecule has 0 radical (unpaired) electrons. The van der Waals surface area contributed by atoms with Gasteiger partial charge in [-0.3, -0.25) is 14.8 Å². The van der Waals surface area contributed by atoms with Gasteiger partial charge in [0.2, 0.25) is 0 Å². The first-order chi connectivity index (χ1) is 10.9. The van der Waals surface area contributed by atoms with Crippen molar-refractivity contribution < 1.29 is 13.2 Å². The van der Waals surface area contributed by atoms with Gasteiger partial charge in [-0.05, 0) is 18.4 Å². The van der Waals surface area contributed by atoms with Crippen LogP contribution in [0.15, 0.2) is 6.07 Å². The summed E-state index contributed by atoms with van der Waals surface area (Å²) in [6.45, 7) is 6.81. The summed E-state index contributed by atoms with van der Waals surface area (Å²) in [6.07, 6.45) is 0.716. The molecular formula is C15H24N4O3S. The molecule has 1 aromatic heterocycles. The molecule has 2 aliphatic rings. The van der Waals surface area contributed by atoms with Crippen LogP contribution in [0.4, 0.5) is 0 Å². The Morgan fingerprint density at radius 2 is 2.00 bits per heavy atom. The maximum atomic E-state index is 12.5. The molecular weight excluding hydrogens is 316 g/mol. The van der Waals surface area contributed by atoms with Crippen molar-refractivity contribution in [3.05, 3.63) is 17.5 Å². The van der Waals surface area contributed by atoms with Gasteiger partial charge in [-0.2, -0.15) is 5.10 Å². The van der Waals surface area contributed by atoms with Crippen molar-refractivity contribution >= 4 is 15.7 Å². The molecule has 0 saturated carbocycles. The highest BCUT2D eigenvalue weighted by molar-refractivity contribution is 7.91. The van der Waals surface area contributed by atoms with Crippen LogP contribution >= 0.6 is 0 Å². The van der Waals surface area contributed by atoms with Crippen LogP contribution in [-0.2, 0) is 9.84 Å². The Morgan fingerprint density at radius 1 is 1.30 bits per heavy atom. The van der Waals surface area contributed by atoms with Crippen LogP contribution in [0.2, 0.25) is 0 Å². The Hall–Kier alpha value is -1.41. The van der Waals surface area contributed by atoms with Crippen LogP contribution in [0.1, 0.15) is 42.4 Å². The van der Waals surface area contributed by atoms with Crippen molar-refractivity contribution in [2.24, 2.45) is 0 Å². The normalized spacial score (nSPS) is 25.2. The summed E-state index contributed by atoms with van der Waals surface area (Å²) in [4.78, 5) is 16.5. The van der Waals surface area contributed by atoms with Gasteiger partial charge < -0.3 is 4.90 Å². The van der Waals surface area contributed by atoms with E-state index in [0.717, 1.165) is 18.8 Å². The minimum absolute atomic E-state index is 0.0492. The topological polar surface area (TPSA) is 86.4 Å². The minimum Gasteiger partial charge on any atom is -0.335 e. The van der Waals surface area contributed by atoms with E-state index in [1.165, 1.54) is 0 Å².